The molecule has 0 aromatic carbocycles. The third kappa shape index (κ3) is 3.34. The maximum Gasteiger partial charge on any atom is 0.269 e. The van der Waals surface area contributed by atoms with Crippen LogP contribution >= 0.6 is 0 Å². The van der Waals surface area contributed by atoms with Crippen LogP contribution in [0.15, 0.2) is 6.07 Å². The molecule has 1 rings (SSSR count). The van der Waals surface area contributed by atoms with Gasteiger partial charge in [0, 0.05) is 26.8 Å². The number of aryl methyl sites for hydroxylation is 2. The van der Waals surface area contributed by atoms with Crippen molar-refractivity contribution in [1.82, 2.24) is 15.1 Å². The predicted octanol–water partition coefficient (Wildman–Crippen LogP) is 0.978. The van der Waals surface area contributed by atoms with Crippen molar-refractivity contribution in [2.45, 2.75) is 26.8 Å². The van der Waals surface area contributed by atoms with Gasteiger partial charge in [-0.3, -0.25) is 9.48 Å². The molecule has 5 nitrogen and oxygen atoms in total. The lowest BCUT2D eigenvalue weighted by atomic mass is 10.3. The molecular formula is C11H19N3O2. The summed E-state index contributed by atoms with van der Waals surface area (Å²) in [6.45, 7) is 5.84. The lowest BCUT2D eigenvalue weighted by molar-refractivity contribution is 0.0938. The fourth-order valence-electron chi connectivity index (χ4n) is 1.48. The first kappa shape index (κ1) is 12.7. The Morgan fingerprint density at radius 3 is 3.00 bits per heavy atom. The first-order valence-electron chi connectivity index (χ1n) is 5.50. The highest BCUT2D eigenvalue weighted by Gasteiger charge is 2.11. The van der Waals surface area contributed by atoms with Crippen molar-refractivity contribution in [3.63, 3.8) is 0 Å². The van der Waals surface area contributed by atoms with Crippen LogP contribution in [-0.2, 0) is 11.3 Å². The van der Waals surface area contributed by atoms with E-state index in [0.29, 0.717) is 25.4 Å². The van der Waals surface area contributed by atoms with Gasteiger partial charge in [0.2, 0.25) is 0 Å². The average Bonchev–Trinajstić information content (AvgIpc) is 2.65. The maximum absolute atomic E-state index is 11.8. The molecule has 1 heterocycles. The van der Waals surface area contributed by atoms with Crippen molar-refractivity contribution in [3.8, 4) is 0 Å². The highest BCUT2D eigenvalue weighted by Crippen LogP contribution is 2.03. The summed E-state index contributed by atoms with van der Waals surface area (Å²) >= 11 is 0. The van der Waals surface area contributed by atoms with Crippen LogP contribution in [0.5, 0.6) is 0 Å². The Morgan fingerprint density at radius 1 is 1.62 bits per heavy atom. The minimum absolute atomic E-state index is 0.0708. The SMILES string of the molecule is CCn1nc(C)cc1C(=O)NCCCOC. The number of hydrogen-bond donors (Lipinski definition) is 1. The Bertz CT molecular complexity index is 347. The van der Waals surface area contributed by atoms with Gasteiger partial charge in [0.05, 0.1) is 5.69 Å². The smallest absolute Gasteiger partial charge is 0.269 e. The number of rotatable bonds is 6. The normalized spacial score (nSPS) is 10.4. The fourth-order valence-corrected chi connectivity index (χ4v) is 1.48. The van der Waals surface area contributed by atoms with E-state index in [1.807, 2.05) is 13.8 Å². The highest BCUT2D eigenvalue weighted by molar-refractivity contribution is 5.92. The van der Waals surface area contributed by atoms with Crippen molar-refractivity contribution in [2.75, 3.05) is 20.3 Å². The van der Waals surface area contributed by atoms with E-state index in [-0.39, 0.29) is 5.91 Å². The molecule has 1 amide bonds. The molecule has 0 unspecified atom stereocenters. The van der Waals surface area contributed by atoms with Gasteiger partial charge >= 0.3 is 0 Å². The molecule has 1 aromatic rings. The molecule has 0 spiro atoms. The summed E-state index contributed by atoms with van der Waals surface area (Å²) in [5.41, 5.74) is 1.49. The second kappa shape index (κ2) is 6.27. The second-order valence-corrected chi connectivity index (χ2v) is 3.59. The number of ether oxygens (including phenoxy) is 1. The van der Waals surface area contributed by atoms with Gasteiger partial charge in [-0.05, 0) is 26.3 Å². The monoisotopic (exact) mass is 225 g/mol. The number of nitrogens with zero attached hydrogens (tertiary/aromatic N) is 2. The lowest BCUT2D eigenvalue weighted by Gasteiger charge is -2.06. The van der Waals surface area contributed by atoms with E-state index in [9.17, 15) is 4.79 Å². The van der Waals surface area contributed by atoms with E-state index < -0.39 is 0 Å². The van der Waals surface area contributed by atoms with Gasteiger partial charge in [0.1, 0.15) is 5.69 Å². The number of nitrogens with one attached hydrogen (secondary N) is 1. The summed E-state index contributed by atoms with van der Waals surface area (Å²) < 4.78 is 6.62. The summed E-state index contributed by atoms with van der Waals surface area (Å²) in [7, 11) is 1.65. The molecule has 1 aromatic heterocycles. The van der Waals surface area contributed by atoms with Crippen LogP contribution in [0.1, 0.15) is 29.5 Å². The van der Waals surface area contributed by atoms with E-state index >= 15 is 0 Å². The highest BCUT2D eigenvalue weighted by atomic mass is 16.5. The number of amides is 1. The van der Waals surface area contributed by atoms with Crippen LogP contribution in [0, 0.1) is 6.92 Å². The Hall–Kier alpha value is -1.36. The van der Waals surface area contributed by atoms with Gasteiger partial charge in [0.25, 0.3) is 5.91 Å². The van der Waals surface area contributed by atoms with Gasteiger partial charge in [-0.1, -0.05) is 0 Å². The molecule has 0 saturated heterocycles. The summed E-state index contributed by atoms with van der Waals surface area (Å²) in [5, 5.41) is 7.07. The standard InChI is InChI=1S/C11H19N3O2/c1-4-14-10(8-9(2)13-14)11(15)12-6-5-7-16-3/h8H,4-7H2,1-3H3,(H,12,15). The molecule has 0 aliphatic rings. The quantitative estimate of drug-likeness (QED) is 0.734. The summed E-state index contributed by atoms with van der Waals surface area (Å²) in [6, 6.07) is 1.80. The molecule has 0 atom stereocenters. The lowest BCUT2D eigenvalue weighted by Crippen LogP contribution is -2.27. The molecule has 0 saturated carbocycles. The first-order valence-corrected chi connectivity index (χ1v) is 5.50. The molecule has 0 bridgehead atoms. The minimum Gasteiger partial charge on any atom is -0.385 e. The van der Waals surface area contributed by atoms with Gasteiger partial charge in [0.15, 0.2) is 0 Å². The van der Waals surface area contributed by atoms with Crippen molar-refractivity contribution in [2.24, 2.45) is 0 Å². The van der Waals surface area contributed by atoms with Crippen molar-refractivity contribution in [1.29, 1.82) is 0 Å². The van der Waals surface area contributed by atoms with Crippen LogP contribution in [0.25, 0.3) is 0 Å². The average molecular weight is 225 g/mol. The van der Waals surface area contributed by atoms with Crippen LogP contribution < -0.4 is 5.32 Å². The van der Waals surface area contributed by atoms with E-state index in [0.717, 1.165) is 12.1 Å². The van der Waals surface area contributed by atoms with Crippen LogP contribution in [0.4, 0.5) is 0 Å². The van der Waals surface area contributed by atoms with Gasteiger partial charge in [-0.15, -0.1) is 0 Å². The first-order chi connectivity index (χ1) is 7.69. The third-order valence-electron chi connectivity index (χ3n) is 2.25. The minimum atomic E-state index is -0.0708. The Labute approximate surface area is 95.8 Å². The summed E-state index contributed by atoms with van der Waals surface area (Å²) in [6.07, 6.45) is 0.821. The molecule has 5 heteroatoms. The fraction of sp³-hybridized carbons (Fsp3) is 0.636. The van der Waals surface area contributed by atoms with Crippen molar-refractivity contribution < 1.29 is 9.53 Å². The molecule has 0 aliphatic carbocycles. The van der Waals surface area contributed by atoms with E-state index in [2.05, 4.69) is 10.4 Å². The Balaban J connectivity index is 2.51. The Kier molecular flexibility index (Phi) is 4.98. The topological polar surface area (TPSA) is 56.2 Å². The molecule has 1 N–H and O–H groups in total. The number of carbonyl (C=O) groups excluding carboxylic acids is 1. The van der Waals surface area contributed by atoms with E-state index in [4.69, 9.17) is 4.74 Å². The molecule has 16 heavy (non-hydrogen) atoms. The van der Waals surface area contributed by atoms with Crippen molar-refractivity contribution >= 4 is 5.91 Å². The number of aromatic nitrogens is 2. The Morgan fingerprint density at radius 2 is 2.38 bits per heavy atom. The van der Waals surface area contributed by atoms with Gasteiger partial charge < -0.3 is 10.1 Å². The second-order valence-electron chi connectivity index (χ2n) is 3.59. The van der Waals surface area contributed by atoms with Gasteiger partial charge in [-0.2, -0.15) is 5.10 Å². The predicted molar refractivity (Wildman–Crippen MR) is 61.5 cm³/mol. The van der Waals surface area contributed by atoms with Crippen molar-refractivity contribution in [3.05, 3.63) is 17.5 Å². The largest absolute Gasteiger partial charge is 0.385 e. The summed E-state index contributed by atoms with van der Waals surface area (Å²) in [5.74, 6) is -0.0708. The summed E-state index contributed by atoms with van der Waals surface area (Å²) in [4.78, 5) is 11.8. The number of methoxy groups -OCH3 is 1. The molecular weight excluding hydrogens is 206 g/mol. The molecule has 0 aliphatic heterocycles. The zero-order valence-electron chi connectivity index (χ0n) is 10.1. The molecule has 0 radical (unpaired) electrons. The zero-order valence-corrected chi connectivity index (χ0v) is 10.1. The number of hydrogen-bond acceptors (Lipinski definition) is 3. The maximum atomic E-state index is 11.8. The van der Waals surface area contributed by atoms with E-state index in [1.165, 1.54) is 0 Å². The van der Waals surface area contributed by atoms with Crippen LogP contribution in [-0.4, -0.2) is 35.9 Å². The van der Waals surface area contributed by atoms with Crippen LogP contribution in [0.2, 0.25) is 0 Å². The third-order valence-corrected chi connectivity index (χ3v) is 2.25. The number of carbonyl (C=O) groups is 1. The van der Waals surface area contributed by atoms with Gasteiger partial charge in [-0.25, -0.2) is 0 Å². The van der Waals surface area contributed by atoms with E-state index in [1.54, 1.807) is 17.9 Å². The van der Waals surface area contributed by atoms with Crippen LogP contribution in [0.3, 0.4) is 0 Å². The zero-order chi connectivity index (χ0) is 12.0. The molecule has 90 valence electrons. The molecule has 0 fully saturated rings.